The van der Waals surface area contributed by atoms with Gasteiger partial charge in [-0.1, -0.05) is 63.1 Å². The average molecular weight is 557 g/mol. The van der Waals surface area contributed by atoms with Gasteiger partial charge >= 0.3 is 6.03 Å². The lowest BCUT2D eigenvalue weighted by Crippen LogP contribution is -2.35. The highest BCUT2D eigenvalue weighted by atomic mass is 32.2. The van der Waals surface area contributed by atoms with Gasteiger partial charge in [0.05, 0.1) is 17.2 Å². The van der Waals surface area contributed by atoms with E-state index in [0.717, 1.165) is 54.7 Å². The van der Waals surface area contributed by atoms with E-state index in [1.807, 2.05) is 53.5 Å². The fraction of sp³-hybridized carbons (Fsp3) is 0.393. The van der Waals surface area contributed by atoms with Gasteiger partial charge in [0.1, 0.15) is 11.5 Å². The molecule has 38 heavy (non-hydrogen) atoms. The molecule has 2 aromatic carbocycles. The Hall–Kier alpha value is -3.24. The van der Waals surface area contributed by atoms with E-state index in [-0.39, 0.29) is 4.90 Å². The second-order valence-corrected chi connectivity index (χ2v) is 11.1. The number of sulfonamides is 1. The summed E-state index contributed by atoms with van der Waals surface area (Å²) < 4.78 is 36.2. The molecule has 0 saturated heterocycles. The number of imidazole rings is 1. The Morgan fingerprint density at radius 2 is 1.82 bits per heavy atom. The van der Waals surface area contributed by atoms with Gasteiger partial charge in [-0.25, -0.2) is 22.9 Å². The van der Waals surface area contributed by atoms with Crippen molar-refractivity contribution in [3.63, 3.8) is 0 Å². The summed E-state index contributed by atoms with van der Waals surface area (Å²) >= 11 is 5.55. The average Bonchev–Trinajstić information content (AvgIpc) is 3.17. The van der Waals surface area contributed by atoms with Gasteiger partial charge in [0.25, 0.3) is 10.0 Å². The Balaban J connectivity index is 2.19. The standard InChI is InChI=1S/C28H36N4O4S2/c1-5-8-14-25-30-19(4)26(27(37)36-7-3)32(25)18-20-15-16-23(22-13-10-9-12-21(22)11-6-2)24(17-20)38(34,35)31-28(29)33/h9-10,12-13,15-17H,5-8,11,14,18H2,1-4H3,(H3,29,31,33). The largest absolute Gasteiger partial charge is 0.482 e. The first kappa shape index (κ1) is 29.3. The van der Waals surface area contributed by atoms with Gasteiger partial charge in [-0.3, -0.25) is 0 Å². The summed E-state index contributed by atoms with van der Waals surface area (Å²) in [5, 5.41) is 0.355. The molecule has 204 valence electrons. The van der Waals surface area contributed by atoms with E-state index in [0.29, 0.717) is 35.0 Å². The molecule has 0 atom stereocenters. The van der Waals surface area contributed by atoms with Gasteiger partial charge in [-0.05, 0) is 61.7 Å². The van der Waals surface area contributed by atoms with E-state index in [1.165, 1.54) is 0 Å². The highest BCUT2D eigenvalue weighted by molar-refractivity contribution is 7.90. The Labute approximate surface area is 230 Å². The lowest BCUT2D eigenvalue weighted by molar-refractivity contribution is 0.253. The summed E-state index contributed by atoms with van der Waals surface area (Å²) in [6, 6.07) is 11.8. The van der Waals surface area contributed by atoms with Crippen molar-refractivity contribution in [3.05, 3.63) is 70.8 Å². The van der Waals surface area contributed by atoms with Crippen molar-refractivity contribution >= 4 is 33.3 Å². The van der Waals surface area contributed by atoms with Gasteiger partial charge in [0, 0.05) is 18.5 Å². The Kier molecular flexibility index (Phi) is 10.0. The first-order valence-corrected chi connectivity index (χ1v) is 14.8. The molecular weight excluding hydrogens is 520 g/mol. The van der Waals surface area contributed by atoms with Crippen molar-refractivity contribution in [2.75, 3.05) is 6.61 Å². The topological polar surface area (TPSA) is 116 Å². The number of ether oxygens (including phenoxy) is 1. The van der Waals surface area contributed by atoms with Gasteiger partial charge in [-0.15, -0.1) is 0 Å². The van der Waals surface area contributed by atoms with Crippen LogP contribution in [0.3, 0.4) is 0 Å². The van der Waals surface area contributed by atoms with Crippen LogP contribution in [0.25, 0.3) is 11.1 Å². The van der Waals surface area contributed by atoms with Crippen molar-refractivity contribution in [2.24, 2.45) is 5.73 Å². The summed E-state index contributed by atoms with van der Waals surface area (Å²) in [5.41, 5.74) is 9.74. The monoisotopic (exact) mass is 556 g/mol. The highest BCUT2D eigenvalue weighted by Crippen LogP contribution is 2.32. The molecule has 0 saturated carbocycles. The molecule has 2 amide bonds. The number of rotatable bonds is 12. The number of carbonyl (C=O) groups excluding carboxylic acids is 1. The van der Waals surface area contributed by atoms with Gasteiger partial charge in [0.2, 0.25) is 5.05 Å². The van der Waals surface area contributed by atoms with Crippen molar-refractivity contribution in [1.29, 1.82) is 0 Å². The summed E-state index contributed by atoms with van der Waals surface area (Å²) in [7, 11) is -4.24. The molecule has 0 aliphatic carbocycles. The molecule has 0 spiro atoms. The zero-order valence-corrected chi connectivity index (χ0v) is 24.0. The molecular formula is C28H36N4O4S2. The molecule has 3 rings (SSSR count). The molecule has 3 aromatic rings. The van der Waals surface area contributed by atoms with Crippen molar-refractivity contribution in [1.82, 2.24) is 14.3 Å². The smallest absolute Gasteiger partial charge is 0.326 e. The first-order valence-electron chi connectivity index (χ1n) is 12.9. The summed E-state index contributed by atoms with van der Waals surface area (Å²) in [6.07, 6.45) is 4.40. The molecule has 0 fully saturated rings. The number of benzene rings is 2. The van der Waals surface area contributed by atoms with Gasteiger partial charge < -0.3 is 15.0 Å². The number of aromatic nitrogens is 2. The van der Waals surface area contributed by atoms with Crippen molar-refractivity contribution in [2.45, 2.75) is 71.2 Å². The zero-order chi connectivity index (χ0) is 27.9. The van der Waals surface area contributed by atoms with E-state index in [2.05, 4.69) is 13.8 Å². The fourth-order valence-corrected chi connectivity index (χ4v) is 6.06. The Bertz CT molecular complexity index is 1410. The maximum Gasteiger partial charge on any atom is 0.326 e. The second kappa shape index (κ2) is 13.0. The van der Waals surface area contributed by atoms with Crippen molar-refractivity contribution in [3.8, 4) is 11.1 Å². The van der Waals surface area contributed by atoms with Crippen LogP contribution in [-0.4, -0.2) is 35.7 Å². The minimum atomic E-state index is -4.24. The maximum atomic E-state index is 13.3. The molecule has 0 radical (unpaired) electrons. The number of nitrogens with two attached hydrogens (primary N) is 1. The normalized spacial score (nSPS) is 11.4. The predicted molar refractivity (Wildman–Crippen MR) is 154 cm³/mol. The van der Waals surface area contributed by atoms with Gasteiger partial charge in [-0.2, -0.15) is 0 Å². The van der Waals surface area contributed by atoms with Crippen LogP contribution in [0.4, 0.5) is 4.79 Å². The number of nitrogens with one attached hydrogen (secondary N) is 1. The lowest BCUT2D eigenvalue weighted by atomic mass is 9.96. The molecule has 0 bridgehead atoms. The van der Waals surface area contributed by atoms with Gasteiger partial charge in [0.15, 0.2) is 0 Å². The number of hydrogen-bond donors (Lipinski definition) is 2. The van der Waals surface area contributed by atoms with Crippen LogP contribution < -0.4 is 10.5 Å². The van der Waals surface area contributed by atoms with Crippen LogP contribution in [0, 0.1) is 6.92 Å². The second-order valence-electron chi connectivity index (χ2n) is 9.08. The third-order valence-corrected chi connectivity index (χ3v) is 7.88. The van der Waals surface area contributed by atoms with Crippen molar-refractivity contribution < 1.29 is 17.9 Å². The number of nitrogens with zero attached hydrogens (tertiary/aromatic N) is 2. The van der Waals surface area contributed by atoms with E-state index in [1.54, 1.807) is 12.1 Å². The fourth-order valence-electron chi connectivity index (χ4n) is 4.54. The number of hydrogen-bond acceptors (Lipinski definition) is 6. The molecule has 0 unspecified atom stereocenters. The lowest BCUT2D eigenvalue weighted by Gasteiger charge is -2.17. The molecule has 0 aliphatic rings. The number of unbranched alkanes of at least 4 members (excludes halogenated alkanes) is 1. The first-order chi connectivity index (χ1) is 18.1. The van der Waals surface area contributed by atoms with Crippen LogP contribution in [0.5, 0.6) is 0 Å². The van der Waals surface area contributed by atoms with Crippen LogP contribution in [0.15, 0.2) is 47.4 Å². The van der Waals surface area contributed by atoms with E-state index >= 15 is 0 Å². The summed E-state index contributed by atoms with van der Waals surface area (Å²) in [4.78, 5) is 16.3. The van der Waals surface area contributed by atoms with Crippen LogP contribution in [-0.2, 0) is 34.1 Å². The van der Waals surface area contributed by atoms with Crippen LogP contribution in [0.1, 0.15) is 68.4 Å². The minimum Gasteiger partial charge on any atom is -0.482 e. The molecule has 3 N–H and O–H groups in total. The summed E-state index contributed by atoms with van der Waals surface area (Å²) in [5.74, 6) is 0.860. The predicted octanol–water partition coefficient (Wildman–Crippen LogP) is 5.27. The highest BCUT2D eigenvalue weighted by Gasteiger charge is 2.24. The number of primary amides is 1. The number of thiocarbonyl (C=S) groups is 1. The number of aryl methyl sites for hydroxylation is 3. The van der Waals surface area contributed by atoms with E-state index < -0.39 is 16.1 Å². The van der Waals surface area contributed by atoms with Crippen LogP contribution in [0.2, 0.25) is 0 Å². The van der Waals surface area contributed by atoms with E-state index in [4.69, 9.17) is 27.7 Å². The third kappa shape index (κ3) is 6.79. The zero-order valence-electron chi connectivity index (χ0n) is 22.4. The number of amides is 2. The quantitative estimate of drug-likeness (QED) is 0.294. The summed E-state index contributed by atoms with van der Waals surface area (Å²) in [6.45, 7) is 8.72. The maximum absolute atomic E-state index is 13.3. The minimum absolute atomic E-state index is 0.0155. The molecule has 1 heterocycles. The number of carbonyl (C=O) groups is 1. The Morgan fingerprint density at radius 1 is 1.08 bits per heavy atom. The van der Waals surface area contributed by atoms with Crippen LogP contribution >= 0.6 is 12.2 Å². The molecule has 1 aromatic heterocycles. The SMILES string of the molecule is CCCCc1nc(C)c(C(=S)OCC)n1Cc1ccc(-c2ccccc2CCC)c(S(=O)(=O)NC(N)=O)c1. The Morgan fingerprint density at radius 3 is 2.47 bits per heavy atom. The van der Waals surface area contributed by atoms with E-state index in [9.17, 15) is 13.2 Å². The molecule has 10 heteroatoms. The third-order valence-electron chi connectivity index (χ3n) is 6.18. The molecule has 0 aliphatic heterocycles. The number of urea groups is 1. The molecule has 8 nitrogen and oxygen atoms in total.